The Bertz CT molecular complexity index is 1130. The molecule has 0 fully saturated rings. The number of carbonyl (C=O) groups is 4. The molecule has 0 radical (unpaired) electrons. The largest absolute Gasteiger partial charge is 0.508 e. The van der Waals surface area contributed by atoms with Crippen LogP contribution in [0.5, 0.6) is 11.5 Å². The Balaban J connectivity index is 2.03. The van der Waals surface area contributed by atoms with Gasteiger partial charge < -0.3 is 31.1 Å². The first-order chi connectivity index (χ1) is 15.2. The van der Waals surface area contributed by atoms with Crippen LogP contribution in [-0.2, 0) is 0 Å². The molecule has 0 atom stereocenters. The third-order valence-electron chi connectivity index (χ3n) is 4.36. The molecule has 3 rings (SSSR count). The molecule has 0 heterocycles. The maximum absolute atomic E-state index is 12.7. The van der Waals surface area contributed by atoms with Crippen LogP contribution in [0.1, 0.15) is 41.4 Å². The SMILES string of the molecule is O=C(O)c1cc(C(=O)O)c(C(=O)Nc2ccc(O)cc2)cc1C(=O)Nc1ccc(O)cc1. The van der Waals surface area contributed by atoms with Gasteiger partial charge in [-0.1, -0.05) is 0 Å². The molecule has 0 spiro atoms. The molecule has 0 aliphatic carbocycles. The Labute approximate surface area is 180 Å². The number of hydrogen-bond acceptors (Lipinski definition) is 6. The third kappa shape index (κ3) is 4.82. The molecule has 0 unspecified atom stereocenters. The molecule has 10 heteroatoms. The lowest BCUT2D eigenvalue weighted by Crippen LogP contribution is -2.22. The first kappa shape index (κ1) is 21.8. The predicted octanol–water partition coefficient (Wildman–Crippen LogP) is 3.00. The van der Waals surface area contributed by atoms with Crippen LogP contribution in [0.15, 0.2) is 60.7 Å². The van der Waals surface area contributed by atoms with Gasteiger partial charge in [0.25, 0.3) is 11.8 Å². The molecule has 0 aliphatic rings. The van der Waals surface area contributed by atoms with Gasteiger partial charge in [-0.05, 0) is 60.7 Å². The first-order valence-corrected chi connectivity index (χ1v) is 9.01. The van der Waals surface area contributed by atoms with E-state index in [9.17, 15) is 39.6 Å². The number of carboxylic acid groups (broad SMARTS) is 2. The number of aromatic carboxylic acids is 2. The summed E-state index contributed by atoms with van der Waals surface area (Å²) in [6.07, 6.45) is 0. The first-order valence-electron chi connectivity index (χ1n) is 9.01. The van der Waals surface area contributed by atoms with Crippen LogP contribution < -0.4 is 10.6 Å². The van der Waals surface area contributed by atoms with E-state index in [1.807, 2.05) is 0 Å². The lowest BCUT2D eigenvalue weighted by Gasteiger charge is -2.13. The Hall–Kier alpha value is -4.86. The number of aromatic hydroxyl groups is 2. The molecule has 3 aromatic rings. The van der Waals surface area contributed by atoms with Crippen molar-refractivity contribution in [1.82, 2.24) is 0 Å². The Morgan fingerprint density at radius 2 is 0.844 bits per heavy atom. The van der Waals surface area contributed by atoms with E-state index < -0.39 is 46.0 Å². The number of nitrogens with one attached hydrogen (secondary N) is 2. The highest BCUT2D eigenvalue weighted by molar-refractivity contribution is 6.16. The lowest BCUT2D eigenvalue weighted by molar-refractivity contribution is 0.0690. The second-order valence-corrected chi connectivity index (χ2v) is 6.56. The summed E-state index contributed by atoms with van der Waals surface area (Å²) in [6.45, 7) is 0. The third-order valence-corrected chi connectivity index (χ3v) is 4.36. The van der Waals surface area contributed by atoms with Gasteiger partial charge in [-0.15, -0.1) is 0 Å². The summed E-state index contributed by atoms with van der Waals surface area (Å²) in [5.41, 5.74) is -1.62. The molecule has 6 N–H and O–H groups in total. The smallest absolute Gasteiger partial charge is 0.336 e. The maximum Gasteiger partial charge on any atom is 0.336 e. The molecular weight excluding hydrogens is 420 g/mol. The topological polar surface area (TPSA) is 173 Å². The van der Waals surface area contributed by atoms with E-state index in [1.165, 1.54) is 48.5 Å². The standard InChI is InChI=1S/C22H16N2O8/c25-13-5-1-11(2-6-13)23-19(27)15-9-16(18(22(31)32)10-17(15)21(29)30)20(28)24-12-3-7-14(26)8-4-12/h1-10,25-26H,(H,23,27)(H,24,28)(H,29,30)(H,31,32). The van der Waals surface area contributed by atoms with E-state index >= 15 is 0 Å². The molecule has 3 aromatic carbocycles. The average Bonchev–Trinajstić information content (AvgIpc) is 2.75. The number of phenols is 2. The van der Waals surface area contributed by atoms with Crippen LogP contribution in [0.3, 0.4) is 0 Å². The molecule has 32 heavy (non-hydrogen) atoms. The Kier molecular flexibility index (Phi) is 6.06. The second-order valence-electron chi connectivity index (χ2n) is 6.56. The van der Waals surface area contributed by atoms with Gasteiger partial charge in [-0.2, -0.15) is 0 Å². The van der Waals surface area contributed by atoms with E-state index in [2.05, 4.69) is 10.6 Å². The average molecular weight is 436 g/mol. The number of amides is 2. The van der Waals surface area contributed by atoms with E-state index in [0.29, 0.717) is 0 Å². The van der Waals surface area contributed by atoms with Gasteiger partial charge in [0.15, 0.2) is 0 Å². The Morgan fingerprint density at radius 3 is 1.16 bits per heavy atom. The van der Waals surface area contributed by atoms with Crippen LogP contribution in [-0.4, -0.2) is 44.2 Å². The van der Waals surface area contributed by atoms with Crippen molar-refractivity contribution >= 4 is 35.1 Å². The van der Waals surface area contributed by atoms with Crippen molar-refractivity contribution in [3.8, 4) is 11.5 Å². The number of benzene rings is 3. The minimum Gasteiger partial charge on any atom is -0.508 e. The van der Waals surface area contributed by atoms with Crippen molar-refractivity contribution < 1.29 is 39.6 Å². The van der Waals surface area contributed by atoms with Gasteiger partial charge in [-0.3, -0.25) is 9.59 Å². The van der Waals surface area contributed by atoms with Gasteiger partial charge in [0.05, 0.1) is 22.3 Å². The zero-order chi connectivity index (χ0) is 23.4. The van der Waals surface area contributed by atoms with Crippen molar-refractivity contribution in [2.75, 3.05) is 10.6 Å². The van der Waals surface area contributed by atoms with Crippen molar-refractivity contribution in [2.24, 2.45) is 0 Å². The molecule has 0 saturated heterocycles. The maximum atomic E-state index is 12.7. The minimum absolute atomic E-state index is 0.0479. The number of anilines is 2. The number of hydrogen-bond donors (Lipinski definition) is 6. The fourth-order valence-electron chi connectivity index (χ4n) is 2.82. The molecule has 10 nitrogen and oxygen atoms in total. The normalized spacial score (nSPS) is 10.2. The molecule has 162 valence electrons. The summed E-state index contributed by atoms with van der Waals surface area (Å²) >= 11 is 0. The molecule has 0 aliphatic heterocycles. The number of phenolic OH excluding ortho intramolecular Hbond substituents is 2. The van der Waals surface area contributed by atoms with Crippen LogP contribution >= 0.6 is 0 Å². The number of carboxylic acids is 2. The quantitative estimate of drug-likeness (QED) is 0.320. The Morgan fingerprint density at radius 1 is 0.531 bits per heavy atom. The predicted molar refractivity (Wildman–Crippen MR) is 112 cm³/mol. The summed E-state index contributed by atoms with van der Waals surface area (Å²) in [6, 6.07) is 12.3. The molecule has 2 amide bonds. The summed E-state index contributed by atoms with van der Waals surface area (Å²) in [5, 5.41) is 42.5. The van der Waals surface area contributed by atoms with Crippen molar-refractivity contribution in [3.05, 3.63) is 82.9 Å². The monoisotopic (exact) mass is 436 g/mol. The highest BCUT2D eigenvalue weighted by Crippen LogP contribution is 2.22. The van der Waals surface area contributed by atoms with Crippen LogP contribution in [0.4, 0.5) is 11.4 Å². The minimum atomic E-state index is -1.56. The van der Waals surface area contributed by atoms with E-state index in [4.69, 9.17) is 0 Å². The van der Waals surface area contributed by atoms with Gasteiger partial charge in [0.1, 0.15) is 11.5 Å². The summed E-state index contributed by atoms with van der Waals surface area (Å²) < 4.78 is 0. The van der Waals surface area contributed by atoms with Crippen LogP contribution in [0.2, 0.25) is 0 Å². The van der Waals surface area contributed by atoms with Crippen molar-refractivity contribution in [2.45, 2.75) is 0 Å². The lowest BCUT2D eigenvalue weighted by atomic mass is 9.96. The highest BCUT2D eigenvalue weighted by atomic mass is 16.4. The molecule has 0 aromatic heterocycles. The van der Waals surface area contributed by atoms with Gasteiger partial charge in [-0.25, -0.2) is 9.59 Å². The van der Waals surface area contributed by atoms with Crippen LogP contribution in [0, 0.1) is 0 Å². The summed E-state index contributed by atoms with van der Waals surface area (Å²) in [4.78, 5) is 48.8. The fourth-order valence-corrected chi connectivity index (χ4v) is 2.82. The van der Waals surface area contributed by atoms with Crippen LogP contribution in [0.25, 0.3) is 0 Å². The van der Waals surface area contributed by atoms with Gasteiger partial charge >= 0.3 is 11.9 Å². The van der Waals surface area contributed by atoms with Crippen molar-refractivity contribution in [1.29, 1.82) is 0 Å². The molecular formula is C22H16N2O8. The zero-order valence-electron chi connectivity index (χ0n) is 16.2. The van der Waals surface area contributed by atoms with Gasteiger partial charge in [0.2, 0.25) is 0 Å². The highest BCUT2D eigenvalue weighted by Gasteiger charge is 2.26. The fraction of sp³-hybridized carbons (Fsp3) is 0. The summed E-state index contributed by atoms with van der Waals surface area (Å²) in [7, 11) is 0. The van der Waals surface area contributed by atoms with E-state index in [-0.39, 0.29) is 22.9 Å². The zero-order valence-corrected chi connectivity index (χ0v) is 16.2. The second kappa shape index (κ2) is 8.88. The number of rotatable bonds is 6. The molecule has 0 saturated carbocycles. The van der Waals surface area contributed by atoms with E-state index in [0.717, 1.165) is 12.1 Å². The molecule has 0 bridgehead atoms. The van der Waals surface area contributed by atoms with E-state index in [1.54, 1.807) is 0 Å². The summed E-state index contributed by atoms with van der Waals surface area (Å²) in [5.74, 6) is -5.02. The number of carbonyl (C=O) groups excluding carboxylic acids is 2. The van der Waals surface area contributed by atoms with Crippen molar-refractivity contribution in [3.63, 3.8) is 0 Å². The van der Waals surface area contributed by atoms with Gasteiger partial charge in [0, 0.05) is 11.4 Å².